The average Bonchev–Trinajstić information content (AvgIpc) is 2.18. The molecule has 0 unspecified atom stereocenters. The number of hydrogen-bond acceptors (Lipinski definition) is 3. The third kappa shape index (κ3) is 19.0. The average molecular weight is 214 g/mol. The zero-order valence-corrected chi connectivity index (χ0v) is 9.07. The molecule has 86 valence electrons. The van der Waals surface area contributed by atoms with Gasteiger partial charge in [-0.05, 0) is 6.42 Å². The summed E-state index contributed by atoms with van der Waals surface area (Å²) < 4.78 is 4.67. The Bertz CT molecular complexity index is 209. The van der Waals surface area contributed by atoms with Crippen LogP contribution in [-0.2, 0) is 14.3 Å². The maximum Gasteiger partial charge on any atom is 0.330 e. The summed E-state index contributed by atoms with van der Waals surface area (Å²) >= 11 is 0. The summed E-state index contributed by atoms with van der Waals surface area (Å²) in [7, 11) is 0. The van der Waals surface area contributed by atoms with Gasteiger partial charge in [-0.2, -0.15) is 0 Å². The number of carboxylic acids is 1. The number of carbonyl (C=O) groups excluding carboxylic acids is 1. The van der Waals surface area contributed by atoms with E-state index in [1.54, 1.807) is 0 Å². The molecule has 0 aliphatic heterocycles. The predicted octanol–water partition coefficient (Wildman–Crippen LogP) is 2.16. The highest BCUT2D eigenvalue weighted by Gasteiger charge is 1.91. The van der Waals surface area contributed by atoms with E-state index in [9.17, 15) is 9.59 Å². The first-order chi connectivity index (χ1) is 7.08. The first-order valence-corrected chi connectivity index (χ1v) is 4.70. The van der Waals surface area contributed by atoms with Crippen molar-refractivity contribution in [2.24, 2.45) is 0 Å². The summed E-state index contributed by atoms with van der Waals surface area (Å²) in [5, 5.41) is 7.84. The number of carboxylic acid groups (broad SMARTS) is 1. The fourth-order valence-corrected chi connectivity index (χ4v) is 0.499. The van der Waals surface area contributed by atoms with Gasteiger partial charge in [-0.25, -0.2) is 4.79 Å². The van der Waals surface area contributed by atoms with Crippen LogP contribution < -0.4 is 0 Å². The highest BCUT2D eigenvalue weighted by molar-refractivity contribution is 5.81. The first kappa shape index (κ1) is 15.9. The lowest BCUT2D eigenvalue weighted by Gasteiger charge is -1.97. The minimum Gasteiger partial charge on any atom is -0.481 e. The van der Waals surface area contributed by atoms with Crippen molar-refractivity contribution in [2.75, 3.05) is 6.61 Å². The highest BCUT2D eigenvalue weighted by Crippen LogP contribution is 1.88. The van der Waals surface area contributed by atoms with Crippen molar-refractivity contribution in [2.45, 2.75) is 26.2 Å². The lowest BCUT2D eigenvalue weighted by molar-refractivity contribution is -0.138. The molecular weight excluding hydrogens is 196 g/mol. The van der Waals surface area contributed by atoms with Crippen molar-refractivity contribution >= 4 is 11.9 Å². The molecular formula is C11H18O4. The molecule has 0 atom stereocenters. The monoisotopic (exact) mass is 214 g/mol. The molecule has 0 radical (unpaired) electrons. The van der Waals surface area contributed by atoms with Crippen LogP contribution in [0.1, 0.15) is 26.2 Å². The van der Waals surface area contributed by atoms with Crippen molar-refractivity contribution in [3.05, 3.63) is 25.3 Å². The molecule has 0 aromatic heterocycles. The molecule has 0 heterocycles. The summed E-state index contributed by atoms with van der Waals surface area (Å²) in [6, 6.07) is 0. The van der Waals surface area contributed by atoms with Crippen molar-refractivity contribution in [3.63, 3.8) is 0 Å². The number of ether oxygens (including phenoxy) is 1. The molecule has 0 aromatic carbocycles. The van der Waals surface area contributed by atoms with Crippen LogP contribution in [0.25, 0.3) is 0 Å². The Kier molecular flexibility index (Phi) is 13.1. The zero-order chi connectivity index (χ0) is 12.1. The molecule has 0 saturated heterocycles. The Morgan fingerprint density at radius 2 is 2.00 bits per heavy atom. The highest BCUT2D eigenvalue weighted by atomic mass is 16.5. The molecule has 0 fully saturated rings. The molecule has 0 aliphatic rings. The molecule has 0 amide bonds. The van der Waals surface area contributed by atoms with E-state index < -0.39 is 5.97 Å². The Morgan fingerprint density at radius 3 is 2.27 bits per heavy atom. The van der Waals surface area contributed by atoms with Gasteiger partial charge in [0.15, 0.2) is 0 Å². The third-order valence-electron chi connectivity index (χ3n) is 1.23. The Morgan fingerprint density at radius 1 is 1.40 bits per heavy atom. The standard InChI is InChI=1S/C7H12O2.C4H6O2/c1-3-5-6-9-7(8)4-2;1-2-3-4(5)6/h4H,2-3,5-6H2,1H3;2H,1,3H2,(H,5,6). The van der Waals surface area contributed by atoms with Crippen molar-refractivity contribution in [1.82, 2.24) is 0 Å². The number of hydrogen-bond donors (Lipinski definition) is 1. The van der Waals surface area contributed by atoms with Crippen LogP contribution in [0.5, 0.6) is 0 Å². The smallest absolute Gasteiger partial charge is 0.330 e. The van der Waals surface area contributed by atoms with E-state index in [0.29, 0.717) is 6.61 Å². The largest absolute Gasteiger partial charge is 0.481 e. The summed E-state index contributed by atoms with van der Waals surface area (Å²) in [6.07, 6.45) is 4.56. The lowest BCUT2D eigenvalue weighted by atomic mass is 10.4. The van der Waals surface area contributed by atoms with E-state index in [2.05, 4.69) is 17.9 Å². The number of rotatable bonds is 6. The number of unbranched alkanes of at least 4 members (excludes halogenated alkanes) is 1. The van der Waals surface area contributed by atoms with Crippen LogP contribution in [0.2, 0.25) is 0 Å². The van der Waals surface area contributed by atoms with Gasteiger partial charge in [-0.15, -0.1) is 6.58 Å². The summed E-state index contributed by atoms with van der Waals surface area (Å²) in [6.45, 7) is 9.04. The fourth-order valence-electron chi connectivity index (χ4n) is 0.499. The Balaban J connectivity index is 0. The van der Waals surface area contributed by atoms with E-state index in [1.807, 2.05) is 6.92 Å². The minimum absolute atomic E-state index is 0.0556. The molecule has 4 heteroatoms. The zero-order valence-electron chi connectivity index (χ0n) is 9.07. The van der Waals surface area contributed by atoms with Gasteiger partial charge in [0.2, 0.25) is 0 Å². The molecule has 0 saturated carbocycles. The van der Waals surface area contributed by atoms with Gasteiger partial charge in [0.25, 0.3) is 0 Å². The Labute approximate surface area is 90.2 Å². The van der Waals surface area contributed by atoms with E-state index in [0.717, 1.165) is 12.8 Å². The second kappa shape index (κ2) is 12.4. The van der Waals surface area contributed by atoms with E-state index in [1.165, 1.54) is 12.2 Å². The Hall–Kier alpha value is -1.58. The molecule has 0 bridgehead atoms. The normalized spacial score (nSPS) is 8.07. The van der Waals surface area contributed by atoms with Crippen LogP contribution in [0.15, 0.2) is 25.3 Å². The predicted molar refractivity (Wildman–Crippen MR) is 58.5 cm³/mol. The van der Waals surface area contributed by atoms with Gasteiger partial charge in [0.05, 0.1) is 13.0 Å². The van der Waals surface area contributed by atoms with Crippen molar-refractivity contribution in [1.29, 1.82) is 0 Å². The summed E-state index contributed by atoms with van der Waals surface area (Å²) in [4.78, 5) is 19.9. The van der Waals surface area contributed by atoms with E-state index in [-0.39, 0.29) is 12.4 Å². The second-order valence-electron chi connectivity index (χ2n) is 2.61. The molecule has 0 aliphatic carbocycles. The van der Waals surface area contributed by atoms with Crippen LogP contribution in [0, 0.1) is 0 Å². The van der Waals surface area contributed by atoms with Crippen LogP contribution in [0.4, 0.5) is 0 Å². The van der Waals surface area contributed by atoms with Gasteiger partial charge in [-0.1, -0.05) is 26.0 Å². The van der Waals surface area contributed by atoms with Crippen LogP contribution >= 0.6 is 0 Å². The van der Waals surface area contributed by atoms with Crippen molar-refractivity contribution < 1.29 is 19.4 Å². The molecule has 0 aromatic rings. The van der Waals surface area contributed by atoms with Gasteiger partial charge < -0.3 is 9.84 Å². The SMILES string of the molecule is C=CC(=O)OCCCC.C=CCC(=O)O. The van der Waals surface area contributed by atoms with Gasteiger partial charge in [0.1, 0.15) is 0 Å². The topological polar surface area (TPSA) is 63.6 Å². The summed E-state index contributed by atoms with van der Waals surface area (Å²) in [5.74, 6) is -1.16. The van der Waals surface area contributed by atoms with Crippen molar-refractivity contribution in [3.8, 4) is 0 Å². The first-order valence-electron chi connectivity index (χ1n) is 4.70. The lowest BCUT2D eigenvalue weighted by Crippen LogP contribution is -2.00. The fraction of sp³-hybridized carbons (Fsp3) is 0.455. The number of aliphatic carboxylic acids is 1. The maximum atomic E-state index is 10.3. The van der Waals surface area contributed by atoms with Gasteiger partial charge in [0, 0.05) is 6.08 Å². The third-order valence-corrected chi connectivity index (χ3v) is 1.23. The molecule has 4 nitrogen and oxygen atoms in total. The quantitative estimate of drug-likeness (QED) is 0.318. The van der Waals surface area contributed by atoms with Crippen LogP contribution in [-0.4, -0.2) is 23.7 Å². The second-order valence-corrected chi connectivity index (χ2v) is 2.61. The maximum absolute atomic E-state index is 10.3. The summed E-state index contributed by atoms with van der Waals surface area (Å²) in [5.41, 5.74) is 0. The molecule has 1 N–H and O–H groups in total. The molecule has 0 spiro atoms. The van der Waals surface area contributed by atoms with E-state index >= 15 is 0 Å². The minimum atomic E-state index is -0.829. The van der Waals surface area contributed by atoms with E-state index in [4.69, 9.17) is 5.11 Å². The van der Waals surface area contributed by atoms with Gasteiger partial charge >= 0.3 is 11.9 Å². The van der Waals surface area contributed by atoms with Crippen LogP contribution in [0.3, 0.4) is 0 Å². The molecule has 15 heavy (non-hydrogen) atoms. The number of esters is 1. The number of carbonyl (C=O) groups is 2. The molecule has 0 rings (SSSR count). The van der Waals surface area contributed by atoms with Gasteiger partial charge in [-0.3, -0.25) is 4.79 Å².